The first-order valence-electron chi connectivity index (χ1n) is 9.29. The Bertz CT molecular complexity index is 745. The number of hydrogen-bond donors (Lipinski definition) is 1. The predicted molar refractivity (Wildman–Crippen MR) is 104 cm³/mol. The van der Waals surface area contributed by atoms with Gasteiger partial charge in [-0.25, -0.2) is 4.39 Å². The quantitative estimate of drug-likeness (QED) is 0.772. The largest absolute Gasteiger partial charge is 0.355 e. The van der Waals surface area contributed by atoms with E-state index in [0.29, 0.717) is 13.0 Å². The Balaban J connectivity index is 2.36. The Hall–Kier alpha value is -2.69. The van der Waals surface area contributed by atoms with Crippen molar-refractivity contribution in [3.8, 4) is 0 Å². The van der Waals surface area contributed by atoms with Crippen molar-refractivity contribution in [1.29, 1.82) is 0 Å². The summed E-state index contributed by atoms with van der Waals surface area (Å²) in [7, 11) is 0. The van der Waals surface area contributed by atoms with E-state index in [2.05, 4.69) is 5.32 Å². The van der Waals surface area contributed by atoms with Crippen molar-refractivity contribution < 1.29 is 14.0 Å². The lowest BCUT2D eigenvalue weighted by Gasteiger charge is -2.32. The van der Waals surface area contributed by atoms with Gasteiger partial charge in [-0.1, -0.05) is 56.3 Å². The second-order valence-corrected chi connectivity index (χ2v) is 6.85. The van der Waals surface area contributed by atoms with Gasteiger partial charge in [0.05, 0.1) is 0 Å². The van der Waals surface area contributed by atoms with Crippen molar-refractivity contribution in [2.24, 2.45) is 5.92 Å². The fourth-order valence-corrected chi connectivity index (χ4v) is 2.93. The monoisotopic (exact) mass is 370 g/mol. The molecule has 0 aliphatic heterocycles. The second-order valence-electron chi connectivity index (χ2n) is 6.85. The number of likely N-dealkylation sites (N-methyl/N-ethyl adjacent to an activating group) is 1. The zero-order valence-electron chi connectivity index (χ0n) is 16.1. The normalized spacial score (nSPS) is 11.9. The van der Waals surface area contributed by atoms with Crippen molar-refractivity contribution in [1.82, 2.24) is 10.2 Å². The maximum absolute atomic E-state index is 13.2. The van der Waals surface area contributed by atoms with Crippen molar-refractivity contribution in [3.63, 3.8) is 0 Å². The van der Waals surface area contributed by atoms with Gasteiger partial charge in [0.25, 0.3) is 0 Å². The van der Waals surface area contributed by atoms with E-state index in [0.717, 1.165) is 11.1 Å². The molecule has 0 aliphatic carbocycles. The molecule has 0 saturated carbocycles. The Morgan fingerprint density at radius 2 is 1.63 bits per heavy atom. The summed E-state index contributed by atoms with van der Waals surface area (Å²) in [5, 5.41) is 2.84. The number of halogens is 1. The average Bonchev–Trinajstić information content (AvgIpc) is 2.66. The lowest BCUT2D eigenvalue weighted by Crippen LogP contribution is -2.51. The number of hydrogen-bond acceptors (Lipinski definition) is 2. The summed E-state index contributed by atoms with van der Waals surface area (Å²) in [4.78, 5) is 27.3. The van der Waals surface area contributed by atoms with Crippen LogP contribution in [0.1, 0.15) is 31.9 Å². The van der Waals surface area contributed by atoms with Crippen LogP contribution in [0.25, 0.3) is 0 Å². The molecule has 1 N–H and O–H groups in total. The third-order valence-corrected chi connectivity index (χ3v) is 4.34. The van der Waals surface area contributed by atoms with Crippen LogP contribution in [0.3, 0.4) is 0 Å². The maximum Gasteiger partial charge on any atom is 0.243 e. The van der Waals surface area contributed by atoms with Gasteiger partial charge in [-0.3, -0.25) is 9.59 Å². The van der Waals surface area contributed by atoms with Gasteiger partial charge in [0.15, 0.2) is 0 Å². The molecule has 0 radical (unpaired) electrons. The van der Waals surface area contributed by atoms with Crippen LogP contribution >= 0.6 is 0 Å². The van der Waals surface area contributed by atoms with Crippen LogP contribution in [0.2, 0.25) is 0 Å². The Labute approximate surface area is 160 Å². The molecule has 0 aromatic heterocycles. The molecule has 0 saturated heterocycles. The summed E-state index contributed by atoms with van der Waals surface area (Å²) in [6.45, 7) is 6.23. The first-order chi connectivity index (χ1) is 12.9. The number of amides is 2. The van der Waals surface area contributed by atoms with E-state index in [-0.39, 0.29) is 30.1 Å². The highest BCUT2D eigenvalue weighted by Gasteiger charge is 2.31. The number of nitrogens with one attached hydrogen (secondary N) is 1. The molecule has 1 atom stereocenters. The van der Waals surface area contributed by atoms with Gasteiger partial charge in [0.2, 0.25) is 11.8 Å². The van der Waals surface area contributed by atoms with Crippen LogP contribution < -0.4 is 5.32 Å². The molecule has 0 bridgehead atoms. The maximum atomic E-state index is 13.2. The molecule has 2 amide bonds. The summed E-state index contributed by atoms with van der Waals surface area (Å²) in [6, 6.07) is 15.0. The van der Waals surface area contributed by atoms with Crippen LogP contribution in [0.5, 0.6) is 0 Å². The van der Waals surface area contributed by atoms with E-state index in [1.165, 1.54) is 12.1 Å². The van der Waals surface area contributed by atoms with Gasteiger partial charge in [-0.05, 0) is 30.2 Å². The first kappa shape index (κ1) is 20.6. The van der Waals surface area contributed by atoms with Crippen molar-refractivity contribution >= 4 is 11.8 Å². The van der Waals surface area contributed by atoms with Crippen molar-refractivity contribution in [2.45, 2.75) is 39.8 Å². The fourth-order valence-electron chi connectivity index (χ4n) is 2.93. The molecule has 2 aromatic rings. The molecule has 27 heavy (non-hydrogen) atoms. The molecule has 0 fully saturated rings. The van der Waals surface area contributed by atoms with Crippen LogP contribution in [0.15, 0.2) is 54.6 Å². The van der Waals surface area contributed by atoms with Crippen molar-refractivity contribution in [2.75, 3.05) is 6.54 Å². The number of rotatable bonds is 8. The van der Waals surface area contributed by atoms with Gasteiger partial charge in [0, 0.05) is 25.4 Å². The molecule has 2 rings (SSSR count). The Morgan fingerprint density at radius 3 is 2.19 bits per heavy atom. The summed E-state index contributed by atoms with van der Waals surface area (Å²) in [5.41, 5.74) is 1.77. The van der Waals surface area contributed by atoms with Crippen LogP contribution in [-0.2, 0) is 22.6 Å². The fraction of sp³-hybridized carbons (Fsp3) is 0.364. The van der Waals surface area contributed by atoms with Gasteiger partial charge < -0.3 is 10.2 Å². The van der Waals surface area contributed by atoms with E-state index in [1.807, 2.05) is 51.1 Å². The Kier molecular flexibility index (Phi) is 7.53. The summed E-state index contributed by atoms with van der Waals surface area (Å²) in [6.07, 6.45) is 0.423. The molecule has 2 aromatic carbocycles. The van der Waals surface area contributed by atoms with E-state index >= 15 is 0 Å². The molecular formula is C22H27FN2O2. The molecule has 0 aliphatic rings. The van der Waals surface area contributed by atoms with Crippen LogP contribution in [-0.4, -0.2) is 29.3 Å². The lowest BCUT2D eigenvalue weighted by molar-refractivity contribution is -0.143. The SMILES string of the molecule is CCNC(=O)[C@@H](Cc1ccccc1)N(Cc1ccc(F)cc1)C(=O)C(C)C. The molecular weight excluding hydrogens is 343 g/mol. The number of carbonyl (C=O) groups excluding carboxylic acids is 2. The summed E-state index contributed by atoms with van der Waals surface area (Å²) >= 11 is 0. The standard InChI is InChI=1S/C22H27FN2O2/c1-4-24-21(26)20(14-17-8-6-5-7-9-17)25(22(27)16(2)3)15-18-10-12-19(23)13-11-18/h5-13,16,20H,4,14-15H2,1-3H3,(H,24,26)/t20-/m1/s1. The number of carbonyl (C=O) groups is 2. The highest BCUT2D eigenvalue weighted by atomic mass is 19.1. The summed E-state index contributed by atoms with van der Waals surface area (Å²) in [5.74, 6) is -0.868. The zero-order chi connectivity index (χ0) is 19.8. The zero-order valence-corrected chi connectivity index (χ0v) is 16.1. The molecule has 0 heterocycles. The third kappa shape index (κ3) is 5.91. The molecule has 4 nitrogen and oxygen atoms in total. The van der Waals surface area contributed by atoms with Crippen LogP contribution in [0, 0.1) is 11.7 Å². The third-order valence-electron chi connectivity index (χ3n) is 4.34. The van der Waals surface area contributed by atoms with Gasteiger partial charge in [-0.2, -0.15) is 0 Å². The second kappa shape index (κ2) is 9.86. The average molecular weight is 370 g/mol. The smallest absolute Gasteiger partial charge is 0.243 e. The van der Waals surface area contributed by atoms with E-state index in [1.54, 1.807) is 17.0 Å². The van der Waals surface area contributed by atoms with Gasteiger partial charge >= 0.3 is 0 Å². The molecule has 0 unspecified atom stereocenters. The van der Waals surface area contributed by atoms with E-state index < -0.39 is 6.04 Å². The Morgan fingerprint density at radius 1 is 1.00 bits per heavy atom. The number of benzene rings is 2. The first-order valence-corrected chi connectivity index (χ1v) is 9.29. The topological polar surface area (TPSA) is 49.4 Å². The van der Waals surface area contributed by atoms with E-state index in [9.17, 15) is 14.0 Å². The van der Waals surface area contributed by atoms with Crippen LogP contribution in [0.4, 0.5) is 4.39 Å². The van der Waals surface area contributed by atoms with E-state index in [4.69, 9.17) is 0 Å². The van der Waals surface area contributed by atoms with Gasteiger partial charge in [-0.15, -0.1) is 0 Å². The van der Waals surface area contributed by atoms with Gasteiger partial charge in [0.1, 0.15) is 11.9 Å². The predicted octanol–water partition coefficient (Wildman–Crippen LogP) is 3.56. The molecule has 144 valence electrons. The number of nitrogens with zero attached hydrogens (tertiary/aromatic N) is 1. The minimum Gasteiger partial charge on any atom is -0.355 e. The highest BCUT2D eigenvalue weighted by Crippen LogP contribution is 2.17. The lowest BCUT2D eigenvalue weighted by atomic mass is 10.0. The minimum atomic E-state index is -0.632. The summed E-state index contributed by atoms with van der Waals surface area (Å²) < 4.78 is 13.2. The molecule has 0 spiro atoms. The highest BCUT2D eigenvalue weighted by molar-refractivity contribution is 5.88. The van der Waals surface area contributed by atoms with Crippen molar-refractivity contribution in [3.05, 3.63) is 71.5 Å². The minimum absolute atomic E-state index is 0.105. The molecule has 5 heteroatoms.